The summed E-state index contributed by atoms with van der Waals surface area (Å²) in [6, 6.07) is 0. The van der Waals surface area contributed by atoms with Gasteiger partial charge < -0.3 is 5.11 Å². The largest absolute Gasteiger partial charge is 0.393 e. The molecule has 1 N–H and O–H groups in total. The lowest BCUT2D eigenvalue weighted by Gasteiger charge is -2.05. The van der Waals surface area contributed by atoms with Gasteiger partial charge in [-0.15, -0.1) is 0 Å². The molecule has 8 heavy (non-hydrogen) atoms. The van der Waals surface area contributed by atoms with Crippen LogP contribution >= 0.6 is 0 Å². The molecule has 2 atom stereocenters. The maximum Gasteiger partial charge on any atom is 0.102 e. The summed E-state index contributed by atoms with van der Waals surface area (Å²) < 4.78 is 12.2. The summed E-state index contributed by atoms with van der Waals surface area (Å²) in [7, 11) is 0. The highest BCUT2D eigenvalue weighted by atomic mass is 19.1. The molecule has 2 unspecified atom stereocenters. The summed E-state index contributed by atoms with van der Waals surface area (Å²) in [6.45, 7) is 3.37. The fourth-order valence-corrected chi connectivity index (χ4v) is 0.537. The molecule has 0 aliphatic rings. The van der Waals surface area contributed by atoms with Gasteiger partial charge in [-0.2, -0.15) is 0 Å². The molecule has 50 valence electrons. The maximum atomic E-state index is 12.2. The van der Waals surface area contributed by atoms with E-state index in [-0.39, 0.29) is 6.42 Å². The molecule has 0 radical (unpaired) electrons. The molecule has 0 aromatic rings. The molecule has 0 heterocycles. The fraction of sp³-hybridized carbons (Fsp3) is 1.00. The third kappa shape index (κ3) is 4.06. The van der Waals surface area contributed by atoms with Crippen LogP contribution in [0.15, 0.2) is 0 Å². The molecule has 0 saturated heterocycles. The molecule has 0 aliphatic heterocycles. The first-order valence-electron chi connectivity index (χ1n) is 2.99. The monoisotopic (exact) mass is 120 g/mol. The van der Waals surface area contributed by atoms with Crippen molar-refractivity contribution in [3.63, 3.8) is 0 Å². The molecular formula is C6H13FO. The molecule has 0 fully saturated rings. The van der Waals surface area contributed by atoms with E-state index in [1.807, 2.05) is 0 Å². The quantitative estimate of drug-likeness (QED) is 0.598. The van der Waals surface area contributed by atoms with Gasteiger partial charge in [0.2, 0.25) is 0 Å². The SMILES string of the molecule is CCC(F)CC(C)O. The molecule has 0 spiro atoms. The van der Waals surface area contributed by atoms with Crippen molar-refractivity contribution in [3.8, 4) is 0 Å². The van der Waals surface area contributed by atoms with Crippen LogP contribution in [-0.4, -0.2) is 17.4 Å². The lowest BCUT2D eigenvalue weighted by molar-refractivity contribution is 0.140. The molecule has 0 amide bonds. The van der Waals surface area contributed by atoms with Gasteiger partial charge in [-0.05, 0) is 13.3 Å². The second-order valence-corrected chi connectivity index (χ2v) is 2.09. The van der Waals surface area contributed by atoms with Crippen molar-refractivity contribution < 1.29 is 9.50 Å². The number of hydrogen-bond acceptors (Lipinski definition) is 1. The van der Waals surface area contributed by atoms with E-state index in [9.17, 15) is 4.39 Å². The lowest BCUT2D eigenvalue weighted by Crippen LogP contribution is -2.08. The van der Waals surface area contributed by atoms with Crippen molar-refractivity contribution in [1.29, 1.82) is 0 Å². The number of rotatable bonds is 3. The highest BCUT2D eigenvalue weighted by Crippen LogP contribution is 2.04. The van der Waals surface area contributed by atoms with Crippen molar-refractivity contribution in [1.82, 2.24) is 0 Å². The zero-order valence-electron chi connectivity index (χ0n) is 5.39. The van der Waals surface area contributed by atoms with E-state index in [0.29, 0.717) is 6.42 Å². The van der Waals surface area contributed by atoms with Crippen LogP contribution in [-0.2, 0) is 0 Å². The number of halogens is 1. The molecule has 0 saturated carbocycles. The molecule has 0 bridgehead atoms. The molecule has 0 rings (SSSR count). The Morgan fingerprint density at radius 2 is 2.12 bits per heavy atom. The summed E-state index contributed by atoms with van der Waals surface area (Å²) in [5.41, 5.74) is 0. The van der Waals surface area contributed by atoms with Crippen molar-refractivity contribution in [2.24, 2.45) is 0 Å². The summed E-state index contributed by atoms with van der Waals surface area (Å²) in [4.78, 5) is 0. The Balaban J connectivity index is 3.10. The third-order valence-corrected chi connectivity index (χ3v) is 1.04. The zero-order chi connectivity index (χ0) is 6.57. The van der Waals surface area contributed by atoms with Crippen LogP contribution in [0.5, 0.6) is 0 Å². The van der Waals surface area contributed by atoms with E-state index in [0.717, 1.165) is 0 Å². The average molecular weight is 120 g/mol. The highest BCUT2D eigenvalue weighted by Gasteiger charge is 2.05. The number of aliphatic hydroxyl groups excluding tert-OH is 1. The van der Waals surface area contributed by atoms with Gasteiger partial charge in [-0.25, -0.2) is 4.39 Å². The normalized spacial score (nSPS) is 18.0. The summed E-state index contributed by atoms with van der Waals surface area (Å²) >= 11 is 0. The molecule has 0 aliphatic carbocycles. The Kier molecular flexibility index (Phi) is 3.79. The van der Waals surface area contributed by atoms with Gasteiger partial charge in [-0.3, -0.25) is 0 Å². The van der Waals surface area contributed by atoms with Crippen molar-refractivity contribution in [2.45, 2.75) is 39.0 Å². The molecule has 1 nitrogen and oxygen atoms in total. The van der Waals surface area contributed by atoms with Gasteiger partial charge in [0.1, 0.15) is 6.17 Å². The smallest absolute Gasteiger partial charge is 0.102 e. The predicted octanol–water partition coefficient (Wildman–Crippen LogP) is 1.51. The van der Waals surface area contributed by atoms with Crippen molar-refractivity contribution >= 4 is 0 Å². The minimum absolute atomic E-state index is 0.274. The Labute approximate surface area is 49.5 Å². The molecule has 2 heteroatoms. The van der Waals surface area contributed by atoms with E-state index in [4.69, 9.17) is 5.11 Å². The summed E-state index contributed by atoms with van der Waals surface area (Å²) in [5, 5.41) is 8.61. The maximum absolute atomic E-state index is 12.2. The summed E-state index contributed by atoms with van der Waals surface area (Å²) in [6.07, 6.45) is -0.540. The van der Waals surface area contributed by atoms with E-state index in [1.54, 1.807) is 13.8 Å². The highest BCUT2D eigenvalue weighted by molar-refractivity contribution is 4.56. The molecular weight excluding hydrogens is 107 g/mol. The van der Waals surface area contributed by atoms with Gasteiger partial charge >= 0.3 is 0 Å². The van der Waals surface area contributed by atoms with E-state index < -0.39 is 12.3 Å². The fourth-order valence-electron chi connectivity index (χ4n) is 0.537. The van der Waals surface area contributed by atoms with Gasteiger partial charge in [0.25, 0.3) is 0 Å². The summed E-state index contributed by atoms with van der Waals surface area (Å²) in [5.74, 6) is 0. The van der Waals surface area contributed by atoms with Gasteiger partial charge in [0.15, 0.2) is 0 Å². The Morgan fingerprint density at radius 1 is 1.62 bits per heavy atom. The van der Waals surface area contributed by atoms with Crippen LogP contribution < -0.4 is 0 Å². The van der Waals surface area contributed by atoms with Crippen LogP contribution in [0, 0.1) is 0 Å². The first kappa shape index (κ1) is 7.89. The Hall–Kier alpha value is -0.110. The minimum atomic E-state index is -0.824. The Morgan fingerprint density at radius 3 is 2.25 bits per heavy atom. The first-order chi connectivity index (χ1) is 3.66. The molecule has 0 aromatic carbocycles. The number of hydrogen-bond donors (Lipinski definition) is 1. The topological polar surface area (TPSA) is 20.2 Å². The van der Waals surface area contributed by atoms with E-state index >= 15 is 0 Å². The third-order valence-electron chi connectivity index (χ3n) is 1.04. The lowest BCUT2D eigenvalue weighted by atomic mass is 10.1. The minimum Gasteiger partial charge on any atom is -0.393 e. The second kappa shape index (κ2) is 3.84. The first-order valence-corrected chi connectivity index (χ1v) is 2.99. The van der Waals surface area contributed by atoms with E-state index in [1.165, 1.54) is 0 Å². The van der Waals surface area contributed by atoms with Crippen LogP contribution in [0.2, 0.25) is 0 Å². The zero-order valence-corrected chi connectivity index (χ0v) is 5.39. The van der Waals surface area contributed by atoms with Crippen LogP contribution in [0.4, 0.5) is 4.39 Å². The van der Waals surface area contributed by atoms with Gasteiger partial charge in [-0.1, -0.05) is 6.92 Å². The van der Waals surface area contributed by atoms with Crippen molar-refractivity contribution in [2.75, 3.05) is 0 Å². The second-order valence-electron chi connectivity index (χ2n) is 2.09. The Bertz CT molecular complexity index is 54.5. The standard InChI is InChI=1S/C6H13FO/c1-3-6(7)4-5(2)8/h5-6,8H,3-4H2,1-2H3. The van der Waals surface area contributed by atoms with Gasteiger partial charge in [0, 0.05) is 6.42 Å². The van der Waals surface area contributed by atoms with Crippen LogP contribution in [0.25, 0.3) is 0 Å². The van der Waals surface area contributed by atoms with Crippen molar-refractivity contribution in [3.05, 3.63) is 0 Å². The number of aliphatic hydroxyl groups is 1. The van der Waals surface area contributed by atoms with Gasteiger partial charge in [0.05, 0.1) is 6.10 Å². The van der Waals surface area contributed by atoms with E-state index in [2.05, 4.69) is 0 Å². The van der Waals surface area contributed by atoms with Crippen LogP contribution in [0.3, 0.4) is 0 Å². The average Bonchev–Trinajstić information content (AvgIpc) is 1.65. The molecule has 0 aromatic heterocycles. The number of alkyl halides is 1. The van der Waals surface area contributed by atoms with Crippen LogP contribution in [0.1, 0.15) is 26.7 Å². The predicted molar refractivity (Wildman–Crippen MR) is 31.5 cm³/mol.